The van der Waals surface area contributed by atoms with Gasteiger partial charge >= 0.3 is 0 Å². The summed E-state index contributed by atoms with van der Waals surface area (Å²) in [5, 5.41) is 7.41. The van der Waals surface area contributed by atoms with E-state index in [0.717, 1.165) is 13.0 Å². The molecule has 0 aliphatic carbocycles. The van der Waals surface area contributed by atoms with Crippen molar-refractivity contribution >= 4 is 59.0 Å². The second-order valence-corrected chi connectivity index (χ2v) is 6.51. The first-order valence-corrected chi connectivity index (χ1v) is 9.12. The van der Waals surface area contributed by atoms with Crippen LogP contribution < -0.4 is 15.4 Å². The average molecular weight is 515 g/mol. The van der Waals surface area contributed by atoms with E-state index in [2.05, 4.69) is 15.6 Å². The number of benzene rings is 1. The quantitative estimate of drug-likeness (QED) is 0.265. The van der Waals surface area contributed by atoms with Gasteiger partial charge in [-0.05, 0) is 18.6 Å². The van der Waals surface area contributed by atoms with Crippen LogP contribution in [0.15, 0.2) is 23.2 Å². The van der Waals surface area contributed by atoms with E-state index in [0.29, 0.717) is 47.9 Å². The number of amides is 1. The number of aliphatic imine (C=N–C) groups is 1. The third kappa shape index (κ3) is 6.66. The summed E-state index contributed by atoms with van der Waals surface area (Å²) in [6, 6.07) is 5.50. The molecule has 1 amide bonds. The van der Waals surface area contributed by atoms with Gasteiger partial charge in [-0.2, -0.15) is 0 Å². The second kappa shape index (κ2) is 11.7. The summed E-state index contributed by atoms with van der Waals surface area (Å²) in [4.78, 5) is 17.8. The zero-order chi connectivity index (χ0) is 18.2. The Morgan fingerprint density at radius 1 is 1.42 bits per heavy atom. The molecule has 1 aromatic carbocycles. The zero-order valence-electron chi connectivity index (χ0n) is 14.9. The van der Waals surface area contributed by atoms with Crippen molar-refractivity contribution in [2.45, 2.75) is 25.8 Å². The summed E-state index contributed by atoms with van der Waals surface area (Å²) in [6.07, 6.45) is 1.46. The topological polar surface area (TPSA) is 66.0 Å². The molecule has 1 unspecified atom stereocenters. The lowest BCUT2D eigenvalue weighted by atomic mass is 10.3. The molecule has 26 heavy (non-hydrogen) atoms. The third-order valence-corrected chi connectivity index (χ3v) is 4.78. The molecule has 2 rings (SSSR count). The van der Waals surface area contributed by atoms with Gasteiger partial charge < -0.3 is 20.3 Å². The number of carbonyl (C=O) groups excluding carboxylic acids is 1. The molecule has 1 saturated heterocycles. The molecule has 1 fully saturated rings. The highest BCUT2D eigenvalue weighted by Crippen LogP contribution is 2.31. The van der Waals surface area contributed by atoms with Gasteiger partial charge in [0.05, 0.1) is 11.6 Å². The van der Waals surface area contributed by atoms with Crippen molar-refractivity contribution in [3.63, 3.8) is 0 Å². The smallest absolute Gasteiger partial charge is 0.222 e. The van der Waals surface area contributed by atoms with Gasteiger partial charge in [-0.15, -0.1) is 24.0 Å². The fourth-order valence-corrected chi connectivity index (χ4v) is 2.99. The number of nitrogens with one attached hydrogen (secondary N) is 2. The number of carbonyl (C=O) groups is 1. The Labute approximate surface area is 181 Å². The van der Waals surface area contributed by atoms with Gasteiger partial charge in [-0.25, -0.2) is 0 Å². The predicted molar refractivity (Wildman–Crippen MR) is 117 cm³/mol. The molecule has 0 bridgehead atoms. The van der Waals surface area contributed by atoms with Crippen LogP contribution in [-0.2, 0) is 4.79 Å². The number of hydrogen-bond acceptors (Lipinski definition) is 3. The fourth-order valence-electron chi connectivity index (χ4n) is 2.64. The summed E-state index contributed by atoms with van der Waals surface area (Å²) in [6.45, 7) is 4.37. The van der Waals surface area contributed by atoms with Crippen LogP contribution in [-0.4, -0.2) is 56.1 Å². The summed E-state index contributed by atoms with van der Waals surface area (Å²) in [5.74, 6) is 1.44. The number of nitrogens with zero attached hydrogens (tertiary/aromatic N) is 2. The Kier molecular flexibility index (Phi) is 10.4. The molecule has 146 valence electrons. The minimum atomic E-state index is 0. The highest BCUT2D eigenvalue weighted by molar-refractivity contribution is 14.0. The molecule has 0 saturated carbocycles. The van der Waals surface area contributed by atoms with Crippen molar-refractivity contribution in [3.8, 4) is 5.75 Å². The minimum absolute atomic E-state index is 0. The molecular weight excluding hydrogens is 490 g/mol. The first-order valence-electron chi connectivity index (χ1n) is 8.37. The number of hydrogen-bond donors (Lipinski definition) is 2. The van der Waals surface area contributed by atoms with Gasteiger partial charge in [0.25, 0.3) is 0 Å². The zero-order valence-corrected chi connectivity index (χ0v) is 18.8. The standard InChI is InChI=1S/C17H24Cl2N4O2.HI/c1-3-15(24)23-9-7-12(11-23)22-17(20-2)21-8-10-25-14-6-4-5-13(18)16(14)19;/h4-6,12H,3,7-11H2,1-2H3,(H2,20,21,22);1H. The lowest BCUT2D eigenvalue weighted by Crippen LogP contribution is -2.46. The van der Waals surface area contributed by atoms with Crippen molar-refractivity contribution < 1.29 is 9.53 Å². The number of rotatable bonds is 6. The van der Waals surface area contributed by atoms with Crippen LogP contribution in [0.4, 0.5) is 0 Å². The molecule has 6 nitrogen and oxygen atoms in total. The van der Waals surface area contributed by atoms with Crippen molar-refractivity contribution in [2.24, 2.45) is 4.99 Å². The maximum atomic E-state index is 11.7. The van der Waals surface area contributed by atoms with Crippen molar-refractivity contribution in [1.29, 1.82) is 0 Å². The SMILES string of the molecule is CCC(=O)N1CCC(NC(=NC)NCCOc2cccc(Cl)c2Cl)C1.I. The van der Waals surface area contributed by atoms with Crippen molar-refractivity contribution in [1.82, 2.24) is 15.5 Å². The van der Waals surface area contributed by atoms with E-state index in [4.69, 9.17) is 27.9 Å². The van der Waals surface area contributed by atoms with Crippen LogP contribution in [0.5, 0.6) is 5.75 Å². The van der Waals surface area contributed by atoms with Crippen LogP contribution in [0, 0.1) is 0 Å². The lowest BCUT2D eigenvalue weighted by molar-refractivity contribution is -0.129. The predicted octanol–water partition coefficient (Wildman–Crippen LogP) is 3.17. The van der Waals surface area contributed by atoms with Crippen LogP contribution in [0.25, 0.3) is 0 Å². The molecule has 0 radical (unpaired) electrons. The molecule has 1 heterocycles. The molecule has 1 aromatic rings. The third-order valence-electron chi connectivity index (χ3n) is 3.98. The van der Waals surface area contributed by atoms with Gasteiger partial charge in [0.15, 0.2) is 5.96 Å². The van der Waals surface area contributed by atoms with Gasteiger partial charge in [0.2, 0.25) is 5.91 Å². The Morgan fingerprint density at radius 2 is 2.19 bits per heavy atom. The van der Waals surface area contributed by atoms with Crippen LogP contribution >= 0.6 is 47.2 Å². The Bertz CT molecular complexity index is 631. The summed E-state index contributed by atoms with van der Waals surface area (Å²) in [7, 11) is 1.72. The van der Waals surface area contributed by atoms with Gasteiger partial charge in [0, 0.05) is 32.6 Å². The van der Waals surface area contributed by atoms with E-state index in [9.17, 15) is 4.79 Å². The number of likely N-dealkylation sites (tertiary alicyclic amines) is 1. The largest absolute Gasteiger partial charge is 0.490 e. The Balaban J connectivity index is 0.00000338. The average Bonchev–Trinajstić information content (AvgIpc) is 3.08. The highest BCUT2D eigenvalue weighted by atomic mass is 127. The highest BCUT2D eigenvalue weighted by Gasteiger charge is 2.25. The van der Waals surface area contributed by atoms with E-state index in [1.54, 1.807) is 25.2 Å². The molecule has 2 N–H and O–H groups in total. The normalized spacial score (nSPS) is 16.8. The van der Waals surface area contributed by atoms with E-state index in [-0.39, 0.29) is 35.9 Å². The Hall–Kier alpha value is -0.930. The van der Waals surface area contributed by atoms with E-state index >= 15 is 0 Å². The van der Waals surface area contributed by atoms with E-state index in [1.807, 2.05) is 11.8 Å². The van der Waals surface area contributed by atoms with E-state index < -0.39 is 0 Å². The Morgan fingerprint density at radius 3 is 2.88 bits per heavy atom. The molecule has 0 spiro atoms. The van der Waals surface area contributed by atoms with Crippen LogP contribution in [0.1, 0.15) is 19.8 Å². The lowest BCUT2D eigenvalue weighted by Gasteiger charge is -2.19. The summed E-state index contributed by atoms with van der Waals surface area (Å²) < 4.78 is 5.63. The van der Waals surface area contributed by atoms with E-state index in [1.165, 1.54) is 0 Å². The van der Waals surface area contributed by atoms with Crippen LogP contribution in [0.2, 0.25) is 10.0 Å². The number of ether oxygens (including phenoxy) is 1. The molecular formula is C17H25Cl2IN4O2. The molecule has 1 atom stereocenters. The van der Waals surface area contributed by atoms with Gasteiger partial charge in [-0.1, -0.05) is 36.2 Å². The monoisotopic (exact) mass is 514 g/mol. The molecule has 0 aromatic heterocycles. The number of halogens is 3. The maximum Gasteiger partial charge on any atom is 0.222 e. The van der Waals surface area contributed by atoms with Gasteiger partial charge in [0.1, 0.15) is 17.4 Å². The molecule has 9 heteroatoms. The second-order valence-electron chi connectivity index (χ2n) is 5.72. The van der Waals surface area contributed by atoms with Crippen molar-refractivity contribution in [3.05, 3.63) is 28.2 Å². The first-order chi connectivity index (χ1) is 12.0. The summed E-state index contributed by atoms with van der Waals surface area (Å²) >= 11 is 12.0. The molecule has 1 aliphatic heterocycles. The minimum Gasteiger partial charge on any atom is -0.490 e. The first kappa shape index (κ1) is 23.1. The van der Waals surface area contributed by atoms with Crippen molar-refractivity contribution in [2.75, 3.05) is 33.3 Å². The maximum absolute atomic E-state index is 11.7. The fraction of sp³-hybridized carbons (Fsp3) is 0.529. The number of guanidine groups is 1. The van der Waals surface area contributed by atoms with Crippen LogP contribution in [0.3, 0.4) is 0 Å². The molecule has 1 aliphatic rings. The summed E-state index contributed by atoms with van der Waals surface area (Å²) in [5.41, 5.74) is 0. The van der Waals surface area contributed by atoms with Gasteiger partial charge in [-0.3, -0.25) is 9.79 Å².